The molecule has 3 atom stereocenters. The molecule has 4 rings (SSSR count). The molecule has 178 valence electrons. The smallest absolute Gasteiger partial charge is 0.326 e. The van der Waals surface area contributed by atoms with E-state index in [1.165, 1.54) is 12.4 Å². The van der Waals surface area contributed by atoms with Gasteiger partial charge in [0.15, 0.2) is 12.2 Å². The van der Waals surface area contributed by atoms with Gasteiger partial charge >= 0.3 is 5.97 Å². The number of rotatable bonds is 9. The molecule has 34 heavy (non-hydrogen) atoms. The van der Waals surface area contributed by atoms with Crippen LogP contribution in [0.1, 0.15) is 28.8 Å². The lowest BCUT2D eigenvalue weighted by molar-refractivity contribution is -0.144. The van der Waals surface area contributed by atoms with E-state index in [-0.39, 0.29) is 25.2 Å². The number of carbonyl (C=O) groups excluding carboxylic acids is 3. The van der Waals surface area contributed by atoms with Crippen molar-refractivity contribution >= 4 is 29.4 Å². The molecule has 3 unspecified atom stereocenters. The zero-order chi connectivity index (χ0) is 24.1. The van der Waals surface area contributed by atoms with Crippen LogP contribution in [0, 0.1) is 0 Å². The van der Waals surface area contributed by atoms with Gasteiger partial charge in [0.2, 0.25) is 0 Å². The average Bonchev–Trinajstić information content (AvgIpc) is 3.50. The summed E-state index contributed by atoms with van der Waals surface area (Å²) < 4.78 is 10.5. The Labute approximate surface area is 194 Å². The molecule has 1 aliphatic heterocycles. The molecule has 2 aliphatic rings. The SMILES string of the molecule is O=C(Nc1ccc(CC(NC(=O)C2OCOC2C(=O)NC2CC2)C(=O)O)cc1)c1ccncc1. The van der Waals surface area contributed by atoms with Crippen molar-refractivity contribution in [1.29, 1.82) is 0 Å². The molecule has 1 saturated carbocycles. The Morgan fingerprint density at radius 3 is 2.24 bits per heavy atom. The summed E-state index contributed by atoms with van der Waals surface area (Å²) in [5.41, 5.74) is 1.61. The zero-order valence-electron chi connectivity index (χ0n) is 18.1. The van der Waals surface area contributed by atoms with Gasteiger partial charge in [0.05, 0.1) is 0 Å². The topological polar surface area (TPSA) is 156 Å². The van der Waals surface area contributed by atoms with Gasteiger partial charge in [-0.3, -0.25) is 19.4 Å². The Hall–Kier alpha value is -3.83. The van der Waals surface area contributed by atoms with Gasteiger partial charge in [-0.15, -0.1) is 0 Å². The third-order valence-corrected chi connectivity index (χ3v) is 5.42. The fourth-order valence-corrected chi connectivity index (χ4v) is 3.42. The molecule has 11 nitrogen and oxygen atoms in total. The summed E-state index contributed by atoms with van der Waals surface area (Å²) in [6.45, 7) is -0.231. The fourth-order valence-electron chi connectivity index (χ4n) is 3.42. The molecule has 1 saturated heterocycles. The van der Waals surface area contributed by atoms with E-state index in [0.717, 1.165) is 12.8 Å². The van der Waals surface area contributed by atoms with Crippen molar-refractivity contribution in [3.8, 4) is 0 Å². The molecule has 11 heteroatoms. The van der Waals surface area contributed by atoms with E-state index in [0.29, 0.717) is 16.8 Å². The van der Waals surface area contributed by atoms with Gasteiger partial charge in [0.1, 0.15) is 12.8 Å². The molecule has 0 spiro atoms. The Morgan fingerprint density at radius 2 is 1.62 bits per heavy atom. The Morgan fingerprint density at radius 1 is 0.971 bits per heavy atom. The van der Waals surface area contributed by atoms with Crippen molar-refractivity contribution in [2.24, 2.45) is 0 Å². The monoisotopic (exact) mass is 468 g/mol. The molecular weight excluding hydrogens is 444 g/mol. The van der Waals surface area contributed by atoms with Crippen LogP contribution >= 0.6 is 0 Å². The van der Waals surface area contributed by atoms with Gasteiger partial charge < -0.3 is 30.5 Å². The maximum atomic E-state index is 12.7. The molecule has 0 radical (unpaired) electrons. The number of amides is 3. The van der Waals surface area contributed by atoms with E-state index in [1.807, 2.05) is 0 Å². The highest BCUT2D eigenvalue weighted by Gasteiger charge is 2.42. The van der Waals surface area contributed by atoms with Crippen LogP contribution in [0.15, 0.2) is 48.8 Å². The minimum Gasteiger partial charge on any atom is -0.480 e. The first-order valence-corrected chi connectivity index (χ1v) is 10.8. The predicted molar refractivity (Wildman–Crippen MR) is 118 cm³/mol. The van der Waals surface area contributed by atoms with Crippen LogP contribution in [0.25, 0.3) is 0 Å². The number of hydrogen-bond donors (Lipinski definition) is 4. The summed E-state index contributed by atoms with van der Waals surface area (Å²) >= 11 is 0. The number of aromatic nitrogens is 1. The standard InChI is InChI=1S/C23H24N4O7/c28-20(14-7-9-24-10-8-14)25-15-3-1-13(2-4-15)11-17(23(31)32)27-22(30)19-18(33-12-34-19)21(29)26-16-5-6-16/h1-4,7-10,16-19H,5-6,11-12H2,(H,25,28)(H,26,29)(H,27,30)(H,31,32). The maximum absolute atomic E-state index is 12.7. The summed E-state index contributed by atoms with van der Waals surface area (Å²) in [4.78, 5) is 52.8. The molecule has 1 aromatic heterocycles. The summed E-state index contributed by atoms with van der Waals surface area (Å²) in [5, 5.41) is 17.5. The van der Waals surface area contributed by atoms with Gasteiger partial charge in [-0.25, -0.2) is 4.79 Å². The third kappa shape index (κ3) is 5.94. The van der Waals surface area contributed by atoms with E-state index in [9.17, 15) is 24.3 Å². The number of nitrogens with one attached hydrogen (secondary N) is 3. The normalized spacial score (nSPS) is 20.2. The van der Waals surface area contributed by atoms with Gasteiger partial charge in [-0.1, -0.05) is 12.1 Å². The lowest BCUT2D eigenvalue weighted by atomic mass is 10.0. The lowest BCUT2D eigenvalue weighted by Crippen LogP contribution is -2.52. The van der Waals surface area contributed by atoms with E-state index < -0.39 is 36.0 Å². The number of nitrogens with zero attached hydrogens (tertiary/aromatic N) is 1. The molecular formula is C23H24N4O7. The van der Waals surface area contributed by atoms with E-state index in [2.05, 4.69) is 20.9 Å². The van der Waals surface area contributed by atoms with Gasteiger partial charge in [-0.05, 0) is 42.7 Å². The number of carboxylic acid groups (broad SMARTS) is 1. The molecule has 2 heterocycles. The Bertz CT molecular complexity index is 1060. The summed E-state index contributed by atoms with van der Waals surface area (Å²) in [7, 11) is 0. The lowest BCUT2D eigenvalue weighted by Gasteiger charge is -2.20. The number of ether oxygens (including phenoxy) is 2. The molecule has 0 bridgehead atoms. The number of carbonyl (C=O) groups is 4. The number of pyridine rings is 1. The van der Waals surface area contributed by atoms with Crippen LogP contribution in [0.2, 0.25) is 0 Å². The zero-order valence-corrected chi connectivity index (χ0v) is 18.1. The molecule has 2 aromatic rings. The van der Waals surface area contributed by atoms with Crippen LogP contribution < -0.4 is 16.0 Å². The largest absolute Gasteiger partial charge is 0.480 e. The predicted octanol–water partition coefficient (Wildman–Crippen LogP) is 0.466. The number of hydrogen-bond acceptors (Lipinski definition) is 7. The number of carboxylic acids is 1. The van der Waals surface area contributed by atoms with Crippen LogP contribution in [0.5, 0.6) is 0 Å². The minimum absolute atomic E-state index is 0.00777. The van der Waals surface area contributed by atoms with Gasteiger partial charge in [0.25, 0.3) is 17.7 Å². The van der Waals surface area contributed by atoms with Crippen molar-refractivity contribution in [3.05, 3.63) is 59.9 Å². The molecule has 1 aliphatic carbocycles. The summed E-state index contributed by atoms with van der Waals surface area (Å²) in [5.74, 6) is -2.72. The van der Waals surface area contributed by atoms with E-state index in [4.69, 9.17) is 9.47 Å². The Balaban J connectivity index is 1.34. The van der Waals surface area contributed by atoms with Gasteiger partial charge in [-0.2, -0.15) is 0 Å². The highest BCUT2D eigenvalue weighted by atomic mass is 16.7. The van der Waals surface area contributed by atoms with E-state index >= 15 is 0 Å². The van der Waals surface area contributed by atoms with Crippen molar-refractivity contribution in [2.45, 2.75) is 43.6 Å². The minimum atomic E-state index is -1.25. The Kier molecular flexibility index (Phi) is 7.14. The van der Waals surface area contributed by atoms with Crippen LogP contribution in [-0.2, 0) is 30.3 Å². The summed E-state index contributed by atoms with van der Waals surface area (Å²) in [6, 6.07) is 8.61. The van der Waals surface area contributed by atoms with Crippen LogP contribution in [0.3, 0.4) is 0 Å². The third-order valence-electron chi connectivity index (χ3n) is 5.42. The number of anilines is 1. The highest BCUT2D eigenvalue weighted by molar-refractivity contribution is 6.04. The molecule has 1 aromatic carbocycles. The highest BCUT2D eigenvalue weighted by Crippen LogP contribution is 2.21. The van der Waals surface area contributed by atoms with Crippen molar-refractivity contribution in [2.75, 3.05) is 12.1 Å². The summed E-state index contributed by atoms with van der Waals surface area (Å²) in [6.07, 6.45) is 2.43. The first kappa shape index (κ1) is 23.3. The fraction of sp³-hybridized carbons (Fsp3) is 0.348. The molecule has 2 fully saturated rings. The molecule has 4 N–H and O–H groups in total. The maximum Gasteiger partial charge on any atom is 0.326 e. The first-order chi connectivity index (χ1) is 16.4. The second kappa shape index (κ2) is 10.4. The van der Waals surface area contributed by atoms with Gasteiger partial charge in [0, 0.05) is 36.1 Å². The van der Waals surface area contributed by atoms with Crippen molar-refractivity contribution < 1.29 is 33.8 Å². The van der Waals surface area contributed by atoms with Crippen molar-refractivity contribution in [3.63, 3.8) is 0 Å². The second-order valence-corrected chi connectivity index (χ2v) is 8.07. The number of aliphatic carboxylic acids is 1. The van der Waals surface area contributed by atoms with E-state index in [1.54, 1.807) is 36.4 Å². The average molecular weight is 468 g/mol. The van der Waals surface area contributed by atoms with Crippen LogP contribution in [0.4, 0.5) is 5.69 Å². The quantitative estimate of drug-likeness (QED) is 0.414. The number of benzene rings is 1. The first-order valence-electron chi connectivity index (χ1n) is 10.8. The van der Waals surface area contributed by atoms with Crippen LogP contribution in [-0.4, -0.2) is 64.9 Å². The second-order valence-electron chi connectivity index (χ2n) is 8.07. The molecule has 3 amide bonds. The van der Waals surface area contributed by atoms with Crippen molar-refractivity contribution in [1.82, 2.24) is 15.6 Å².